The number of rotatable bonds is 4. The molecule has 3 atom stereocenters. The molecular weight excluding hydrogens is 352 g/mol. The third kappa shape index (κ3) is 4.04. The molecule has 1 aromatic carbocycles. The van der Waals surface area contributed by atoms with Crippen molar-refractivity contribution in [2.45, 2.75) is 52.5 Å². The molecule has 2 aromatic rings. The molecule has 1 aromatic heterocycles. The van der Waals surface area contributed by atoms with Crippen LogP contribution >= 0.6 is 0 Å². The van der Waals surface area contributed by atoms with Crippen LogP contribution in [0.2, 0.25) is 0 Å². The fourth-order valence-electron chi connectivity index (χ4n) is 4.49. The lowest BCUT2D eigenvalue weighted by Gasteiger charge is -2.35. The summed E-state index contributed by atoms with van der Waals surface area (Å²) in [7, 11) is 0. The van der Waals surface area contributed by atoms with Crippen molar-refractivity contribution in [1.82, 2.24) is 15.3 Å². The molecule has 1 fully saturated rings. The van der Waals surface area contributed by atoms with Crippen molar-refractivity contribution in [2.24, 2.45) is 5.92 Å². The van der Waals surface area contributed by atoms with Crippen molar-refractivity contribution in [3.63, 3.8) is 0 Å². The second-order valence-corrected chi connectivity index (χ2v) is 7.98. The summed E-state index contributed by atoms with van der Waals surface area (Å²) in [5.41, 5.74) is 1.85. The van der Waals surface area contributed by atoms with Gasteiger partial charge in [0.05, 0.1) is 23.9 Å². The number of hydrogen-bond donors (Lipinski definition) is 4. The quantitative estimate of drug-likeness (QED) is 0.605. The summed E-state index contributed by atoms with van der Waals surface area (Å²) >= 11 is 0. The number of quaternary nitrogens is 1. The number of benzene rings is 1. The van der Waals surface area contributed by atoms with E-state index in [2.05, 4.69) is 32.5 Å². The molecule has 7 heteroatoms. The van der Waals surface area contributed by atoms with Gasteiger partial charge in [-0.2, -0.15) is 4.98 Å². The predicted molar refractivity (Wildman–Crippen MR) is 110 cm³/mol. The minimum absolute atomic E-state index is 0.610. The minimum Gasteiger partial charge on any atom is -0.494 e. The fraction of sp³-hybridized carbons (Fsp3) is 0.571. The fourth-order valence-corrected chi connectivity index (χ4v) is 4.49. The molecule has 2 heterocycles. The van der Waals surface area contributed by atoms with E-state index in [4.69, 9.17) is 4.74 Å². The Morgan fingerprint density at radius 2 is 2.14 bits per heavy atom. The van der Waals surface area contributed by atoms with Crippen molar-refractivity contribution < 1.29 is 14.6 Å². The van der Waals surface area contributed by atoms with Gasteiger partial charge in [0.15, 0.2) is 13.3 Å². The van der Waals surface area contributed by atoms with Crippen molar-refractivity contribution in [3.8, 4) is 5.75 Å². The van der Waals surface area contributed by atoms with Crippen molar-refractivity contribution in [3.05, 3.63) is 23.9 Å². The molecule has 4 N–H and O–H groups in total. The van der Waals surface area contributed by atoms with Gasteiger partial charge in [0.1, 0.15) is 5.75 Å². The first-order valence-electron chi connectivity index (χ1n) is 10.5. The molecule has 1 saturated carbocycles. The maximum Gasteiger partial charge on any atom is 0.359 e. The lowest BCUT2D eigenvalue weighted by Crippen LogP contribution is -3.27. The van der Waals surface area contributed by atoms with E-state index in [1.807, 2.05) is 32.0 Å². The summed E-state index contributed by atoms with van der Waals surface area (Å²) < 4.78 is 5.59. The zero-order valence-corrected chi connectivity index (χ0v) is 17.1. The van der Waals surface area contributed by atoms with Crippen LogP contribution in [0, 0.1) is 12.8 Å². The molecule has 28 heavy (non-hydrogen) atoms. The molecule has 7 nitrogen and oxygen atoms in total. The van der Waals surface area contributed by atoms with E-state index in [1.54, 1.807) is 4.90 Å². The molecule has 0 radical (unpaired) electrons. The highest BCUT2D eigenvalue weighted by Crippen LogP contribution is 2.23. The molecular formula is C21H32N6O+2. The van der Waals surface area contributed by atoms with Crippen molar-refractivity contribution >= 4 is 22.8 Å². The molecule has 0 amide bonds. The summed E-state index contributed by atoms with van der Waals surface area (Å²) in [6, 6.07) is 6.70. The molecule has 4 rings (SSSR count). The number of fused-ring (bicyclic) bond motifs is 1. The maximum absolute atomic E-state index is 5.59. The monoisotopic (exact) mass is 384 g/mol. The van der Waals surface area contributed by atoms with Crippen LogP contribution in [-0.4, -0.2) is 41.9 Å². The Kier molecular flexibility index (Phi) is 5.62. The van der Waals surface area contributed by atoms with Crippen LogP contribution in [0.5, 0.6) is 5.75 Å². The summed E-state index contributed by atoms with van der Waals surface area (Å²) in [5.74, 6) is 3.15. The van der Waals surface area contributed by atoms with Gasteiger partial charge >= 0.3 is 5.96 Å². The lowest BCUT2D eigenvalue weighted by atomic mass is 9.85. The average Bonchev–Trinajstić information content (AvgIpc) is 2.70. The number of aryl methyl sites for hydroxylation is 1. The van der Waals surface area contributed by atoms with Gasteiger partial charge in [-0.25, -0.2) is 20.6 Å². The topological polar surface area (TPSA) is 77.5 Å². The standard InChI is InChI=1S/C21H30N6O/c1-4-28-16-9-10-18-17(11-16)15(3)24-21(25-18)26-20-22-12-27(13-23-20)19-8-6-5-7-14(19)2/h9-11,14,19H,4-8,12-13H2,1-3H3,(H2,22,23,24,25,26)/p+2/t14-,19-/m0/s1. The van der Waals surface area contributed by atoms with E-state index in [0.29, 0.717) is 12.6 Å². The Bertz CT molecular complexity index is 867. The Hall–Kier alpha value is -2.41. The highest BCUT2D eigenvalue weighted by molar-refractivity contribution is 5.89. The van der Waals surface area contributed by atoms with E-state index >= 15 is 0 Å². The zero-order valence-electron chi connectivity index (χ0n) is 17.1. The molecule has 0 spiro atoms. The number of anilines is 1. The highest BCUT2D eigenvalue weighted by atomic mass is 16.5. The van der Waals surface area contributed by atoms with Gasteiger partial charge in [-0.05, 0) is 51.3 Å². The number of nitrogens with one attached hydrogen (secondary N) is 4. The largest absolute Gasteiger partial charge is 0.494 e. The predicted octanol–water partition coefficient (Wildman–Crippen LogP) is 0.167. The van der Waals surface area contributed by atoms with E-state index in [-0.39, 0.29) is 0 Å². The molecule has 150 valence electrons. The normalized spacial score (nSPS) is 25.1. The molecule has 0 bridgehead atoms. The third-order valence-corrected chi connectivity index (χ3v) is 6.03. The van der Waals surface area contributed by atoms with Crippen molar-refractivity contribution in [1.29, 1.82) is 0 Å². The number of nitrogens with zero attached hydrogens (tertiary/aromatic N) is 2. The molecule has 1 unspecified atom stereocenters. The van der Waals surface area contributed by atoms with Gasteiger partial charge in [-0.1, -0.05) is 13.3 Å². The average molecular weight is 385 g/mol. The summed E-state index contributed by atoms with van der Waals surface area (Å²) in [6.07, 6.45) is 5.44. The van der Waals surface area contributed by atoms with Gasteiger partial charge in [0.2, 0.25) is 0 Å². The van der Waals surface area contributed by atoms with Crippen LogP contribution in [0.1, 0.15) is 45.2 Å². The van der Waals surface area contributed by atoms with Gasteiger partial charge in [0.25, 0.3) is 5.95 Å². The van der Waals surface area contributed by atoms with Crippen molar-refractivity contribution in [2.75, 3.05) is 25.3 Å². The molecule has 1 aliphatic carbocycles. The smallest absolute Gasteiger partial charge is 0.359 e. The highest BCUT2D eigenvalue weighted by Gasteiger charge is 2.33. The first kappa shape index (κ1) is 18.9. The van der Waals surface area contributed by atoms with Gasteiger partial charge in [-0.15, -0.1) is 0 Å². The Labute approximate surface area is 166 Å². The van der Waals surface area contributed by atoms with E-state index in [1.165, 1.54) is 25.7 Å². The first-order valence-corrected chi connectivity index (χ1v) is 10.5. The van der Waals surface area contributed by atoms with E-state index in [9.17, 15) is 0 Å². The first-order chi connectivity index (χ1) is 13.6. The van der Waals surface area contributed by atoms with Gasteiger partial charge in [-0.3, -0.25) is 4.90 Å². The number of guanidine groups is 1. The van der Waals surface area contributed by atoms with Gasteiger partial charge < -0.3 is 4.74 Å². The van der Waals surface area contributed by atoms with Crippen LogP contribution < -0.4 is 25.3 Å². The molecule has 1 aliphatic heterocycles. The number of hydrogen-bond acceptors (Lipinski definition) is 5. The minimum atomic E-state index is 0.610. The van der Waals surface area contributed by atoms with Crippen LogP contribution in [0.4, 0.5) is 5.95 Å². The van der Waals surface area contributed by atoms with Crippen LogP contribution in [-0.2, 0) is 0 Å². The molecule has 0 saturated heterocycles. The Balaban J connectivity index is 1.45. The number of ether oxygens (including phenoxy) is 1. The van der Waals surface area contributed by atoms with E-state index in [0.717, 1.165) is 53.6 Å². The van der Waals surface area contributed by atoms with Crippen LogP contribution in [0.3, 0.4) is 0 Å². The summed E-state index contributed by atoms with van der Waals surface area (Å²) in [6.45, 7) is 8.90. The Morgan fingerprint density at radius 1 is 1.29 bits per heavy atom. The zero-order chi connectivity index (χ0) is 19.5. The summed E-state index contributed by atoms with van der Waals surface area (Å²) in [4.78, 5) is 14.4. The second kappa shape index (κ2) is 8.31. The molecule has 2 aliphatic rings. The lowest BCUT2D eigenvalue weighted by molar-refractivity contribution is -1.00. The second-order valence-electron chi connectivity index (χ2n) is 7.98. The van der Waals surface area contributed by atoms with Crippen LogP contribution in [0.25, 0.3) is 10.9 Å². The SMILES string of the molecule is CCOc1ccc2nc(NC3=[NH+]C[NH+]([C@H]4CCCC[C@@H]4C)CN3)nc(C)c2c1. The number of aromatic nitrogens is 2. The van der Waals surface area contributed by atoms with Gasteiger partial charge in [0, 0.05) is 11.3 Å². The maximum atomic E-state index is 5.59. The third-order valence-electron chi connectivity index (χ3n) is 6.03. The van der Waals surface area contributed by atoms with E-state index < -0.39 is 0 Å². The van der Waals surface area contributed by atoms with Crippen LogP contribution in [0.15, 0.2) is 18.2 Å². The Morgan fingerprint density at radius 3 is 2.89 bits per heavy atom. The summed E-state index contributed by atoms with van der Waals surface area (Å²) in [5, 5.41) is 7.82.